The molecule has 1 amide bonds. The molecule has 0 bridgehead atoms. The molecule has 1 saturated heterocycles. The highest BCUT2D eigenvalue weighted by molar-refractivity contribution is 9.10. The van der Waals surface area contributed by atoms with Gasteiger partial charge in [-0.2, -0.15) is 0 Å². The summed E-state index contributed by atoms with van der Waals surface area (Å²) in [6.45, 7) is 3.23. The summed E-state index contributed by atoms with van der Waals surface area (Å²) in [5.41, 5.74) is 1.95. The van der Waals surface area contributed by atoms with E-state index in [4.69, 9.17) is 4.74 Å². The number of anilines is 1. The third kappa shape index (κ3) is 2.83. The fourth-order valence-electron chi connectivity index (χ4n) is 1.79. The summed E-state index contributed by atoms with van der Waals surface area (Å²) < 4.78 is 6.17. The molecule has 0 spiro atoms. The van der Waals surface area contributed by atoms with Crippen molar-refractivity contribution in [3.8, 4) is 0 Å². The minimum absolute atomic E-state index is 0.000659. The van der Waals surface area contributed by atoms with Crippen molar-refractivity contribution in [2.75, 3.05) is 18.5 Å². The van der Waals surface area contributed by atoms with E-state index in [0.29, 0.717) is 13.2 Å². The van der Waals surface area contributed by atoms with Gasteiger partial charge in [-0.1, -0.05) is 15.9 Å². The van der Waals surface area contributed by atoms with Crippen LogP contribution in [0.2, 0.25) is 0 Å². The number of halogens is 1. The number of rotatable bonds is 2. The zero-order valence-corrected chi connectivity index (χ0v) is 10.7. The van der Waals surface area contributed by atoms with Crippen LogP contribution in [0.1, 0.15) is 12.0 Å². The molecular weight excluding hydrogens is 270 g/mol. The van der Waals surface area contributed by atoms with Crippen molar-refractivity contribution in [3.05, 3.63) is 28.2 Å². The lowest BCUT2D eigenvalue weighted by Crippen LogP contribution is -2.22. The summed E-state index contributed by atoms with van der Waals surface area (Å²) in [5.74, 6) is 0.0503. The van der Waals surface area contributed by atoms with Crippen molar-refractivity contribution < 1.29 is 9.53 Å². The second kappa shape index (κ2) is 4.97. The van der Waals surface area contributed by atoms with Gasteiger partial charge in [0, 0.05) is 16.8 Å². The van der Waals surface area contributed by atoms with Crippen molar-refractivity contribution in [1.29, 1.82) is 0 Å². The summed E-state index contributed by atoms with van der Waals surface area (Å²) in [5, 5.41) is 2.92. The Bertz CT molecular complexity index is 380. The van der Waals surface area contributed by atoms with Crippen molar-refractivity contribution in [3.63, 3.8) is 0 Å². The number of aryl methyl sites for hydroxylation is 1. The van der Waals surface area contributed by atoms with Gasteiger partial charge in [0.1, 0.15) is 0 Å². The molecule has 1 unspecified atom stereocenters. The summed E-state index contributed by atoms with van der Waals surface area (Å²) in [6, 6.07) is 5.87. The lowest BCUT2D eigenvalue weighted by molar-refractivity contribution is -0.119. The van der Waals surface area contributed by atoms with Gasteiger partial charge in [-0.05, 0) is 37.1 Å². The normalized spacial score (nSPS) is 19.8. The number of benzene rings is 1. The minimum Gasteiger partial charge on any atom is -0.381 e. The van der Waals surface area contributed by atoms with E-state index >= 15 is 0 Å². The highest BCUT2D eigenvalue weighted by Crippen LogP contribution is 2.21. The molecule has 3 nitrogen and oxygen atoms in total. The second-order valence-electron chi connectivity index (χ2n) is 4.07. The number of amides is 1. The van der Waals surface area contributed by atoms with Gasteiger partial charge in [-0.25, -0.2) is 0 Å². The van der Waals surface area contributed by atoms with Crippen molar-refractivity contribution in [1.82, 2.24) is 0 Å². The Labute approximate surface area is 103 Å². The lowest BCUT2D eigenvalue weighted by Gasteiger charge is -2.10. The molecule has 1 aliphatic rings. The van der Waals surface area contributed by atoms with E-state index in [-0.39, 0.29) is 11.8 Å². The van der Waals surface area contributed by atoms with Crippen LogP contribution in [0, 0.1) is 12.8 Å². The van der Waals surface area contributed by atoms with E-state index in [1.54, 1.807) is 0 Å². The van der Waals surface area contributed by atoms with Crippen LogP contribution in [0.3, 0.4) is 0 Å². The number of nitrogens with one attached hydrogen (secondary N) is 1. The zero-order valence-electron chi connectivity index (χ0n) is 9.13. The Morgan fingerprint density at radius 1 is 1.50 bits per heavy atom. The highest BCUT2D eigenvalue weighted by atomic mass is 79.9. The third-order valence-corrected chi connectivity index (χ3v) is 3.07. The SMILES string of the molecule is Cc1cc(Br)cc(NC(=O)C2CCOC2)c1. The van der Waals surface area contributed by atoms with Crippen LogP contribution >= 0.6 is 15.9 Å². The van der Waals surface area contributed by atoms with E-state index in [9.17, 15) is 4.79 Å². The maximum atomic E-state index is 11.8. The quantitative estimate of drug-likeness (QED) is 0.906. The smallest absolute Gasteiger partial charge is 0.229 e. The minimum atomic E-state index is -0.000659. The number of carbonyl (C=O) groups excluding carboxylic acids is 1. The van der Waals surface area contributed by atoms with Crippen molar-refractivity contribution >= 4 is 27.5 Å². The van der Waals surface area contributed by atoms with Crippen LogP contribution in [-0.4, -0.2) is 19.1 Å². The van der Waals surface area contributed by atoms with Crippen LogP contribution < -0.4 is 5.32 Å². The Morgan fingerprint density at radius 2 is 2.31 bits per heavy atom. The number of hydrogen-bond donors (Lipinski definition) is 1. The Kier molecular flexibility index (Phi) is 3.61. The molecule has 1 N–H and O–H groups in total. The first kappa shape index (κ1) is 11.6. The maximum Gasteiger partial charge on any atom is 0.229 e. The summed E-state index contributed by atoms with van der Waals surface area (Å²) in [4.78, 5) is 11.8. The van der Waals surface area contributed by atoms with Crippen LogP contribution in [0.5, 0.6) is 0 Å². The topological polar surface area (TPSA) is 38.3 Å². The van der Waals surface area contributed by atoms with Gasteiger partial charge in [-0.15, -0.1) is 0 Å². The fraction of sp³-hybridized carbons (Fsp3) is 0.417. The van der Waals surface area contributed by atoms with E-state index in [1.165, 1.54) is 0 Å². The predicted molar refractivity (Wildman–Crippen MR) is 66.4 cm³/mol. The molecule has 1 aliphatic heterocycles. The third-order valence-electron chi connectivity index (χ3n) is 2.61. The lowest BCUT2D eigenvalue weighted by atomic mass is 10.1. The van der Waals surface area contributed by atoms with Crippen molar-refractivity contribution in [2.45, 2.75) is 13.3 Å². The average Bonchev–Trinajstić information content (AvgIpc) is 2.68. The Balaban J connectivity index is 2.05. The van der Waals surface area contributed by atoms with Gasteiger partial charge in [0.2, 0.25) is 5.91 Å². The maximum absolute atomic E-state index is 11.8. The number of ether oxygens (including phenoxy) is 1. The standard InChI is InChI=1S/C12H14BrNO2/c1-8-4-10(13)6-11(5-8)14-12(15)9-2-3-16-7-9/h4-6,9H,2-3,7H2,1H3,(H,14,15). The van der Waals surface area contributed by atoms with Crippen LogP contribution in [0.25, 0.3) is 0 Å². The molecule has 1 aromatic rings. The fourth-order valence-corrected chi connectivity index (χ4v) is 2.40. The molecule has 0 radical (unpaired) electrons. The Morgan fingerprint density at radius 3 is 2.94 bits per heavy atom. The average molecular weight is 284 g/mol. The largest absolute Gasteiger partial charge is 0.381 e. The van der Waals surface area contributed by atoms with Gasteiger partial charge in [0.05, 0.1) is 12.5 Å². The first-order valence-electron chi connectivity index (χ1n) is 5.31. The second-order valence-corrected chi connectivity index (χ2v) is 4.98. The molecule has 0 aliphatic carbocycles. The van der Waals surface area contributed by atoms with Gasteiger partial charge >= 0.3 is 0 Å². The first-order valence-corrected chi connectivity index (χ1v) is 6.10. The van der Waals surface area contributed by atoms with E-state index in [2.05, 4.69) is 21.2 Å². The van der Waals surface area contributed by atoms with Gasteiger partial charge < -0.3 is 10.1 Å². The van der Waals surface area contributed by atoms with E-state index in [0.717, 1.165) is 22.1 Å². The highest BCUT2D eigenvalue weighted by Gasteiger charge is 2.23. The molecule has 1 fully saturated rings. The van der Waals surface area contributed by atoms with E-state index in [1.807, 2.05) is 25.1 Å². The molecular formula is C12H14BrNO2. The number of carbonyl (C=O) groups is 1. The Hall–Kier alpha value is -0.870. The zero-order chi connectivity index (χ0) is 11.5. The molecule has 1 atom stereocenters. The summed E-state index contributed by atoms with van der Waals surface area (Å²) >= 11 is 3.41. The van der Waals surface area contributed by atoms with Crippen LogP contribution in [0.15, 0.2) is 22.7 Å². The molecule has 4 heteroatoms. The molecule has 2 rings (SSSR count). The van der Waals surface area contributed by atoms with Crippen molar-refractivity contribution in [2.24, 2.45) is 5.92 Å². The molecule has 1 heterocycles. The summed E-state index contributed by atoms with van der Waals surface area (Å²) in [7, 11) is 0. The van der Waals surface area contributed by atoms with Crippen LogP contribution in [0.4, 0.5) is 5.69 Å². The summed E-state index contributed by atoms with van der Waals surface area (Å²) in [6.07, 6.45) is 0.818. The molecule has 0 saturated carbocycles. The predicted octanol–water partition coefficient (Wildman–Crippen LogP) is 2.73. The first-order chi connectivity index (χ1) is 7.65. The molecule has 16 heavy (non-hydrogen) atoms. The van der Waals surface area contributed by atoms with Crippen LogP contribution in [-0.2, 0) is 9.53 Å². The van der Waals surface area contributed by atoms with Gasteiger partial charge in [0.25, 0.3) is 0 Å². The monoisotopic (exact) mass is 283 g/mol. The van der Waals surface area contributed by atoms with E-state index < -0.39 is 0 Å². The molecule has 86 valence electrons. The molecule has 1 aromatic carbocycles. The number of hydrogen-bond acceptors (Lipinski definition) is 2. The van der Waals surface area contributed by atoms with Gasteiger partial charge in [-0.3, -0.25) is 4.79 Å². The molecule has 0 aromatic heterocycles. The van der Waals surface area contributed by atoms with Gasteiger partial charge in [0.15, 0.2) is 0 Å².